The molecule has 5 saturated heterocycles. The van der Waals surface area contributed by atoms with Crippen LogP contribution in [0.4, 0.5) is 0 Å². The summed E-state index contributed by atoms with van der Waals surface area (Å²) in [4.78, 5) is 55.1. The molecular formula is C49H60B4N9O38P2S5-5. The zero-order valence-corrected chi connectivity index (χ0v) is 61.5. The van der Waals surface area contributed by atoms with Crippen molar-refractivity contribution in [3.63, 3.8) is 0 Å². The molecule has 47 nitrogen and oxygen atoms in total. The number of nitrogens with zero attached hydrogens (tertiary/aromatic N) is 9. The Hall–Kier alpha value is -5.73. The van der Waals surface area contributed by atoms with E-state index in [4.69, 9.17) is 79.6 Å². The molecule has 0 bridgehead atoms. The molecule has 12 unspecified atom stereocenters. The summed E-state index contributed by atoms with van der Waals surface area (Å²) in [5.41, 5.74) is 27.6. The second-order valence-electron chi connectivity index (χ2n) is 22.8. The second kappa shape index (κ2) is 42.6. The molecule has 0 amide bonds. The van der Waals surface area contributed by atoms with Crippen molar-refractivity contribution in [3.8, 4) is 0 Å². The Morgan fingerprint density at radius 3 is 1.41 bits per heavy atom. The minimum absolute atomic E-state index is 0.143. The van der Waals surface area contributed by atoms with Crippen LogP contribution in [0.5, 0.6) is 0 Å². The van der Waals surface area contributed by atoms with Gasteiger partial charge in [0.25, 0.3) is 0 Å². The van der Waals surface area contributed by atoms with Crippen LogP contribution in [-0.2, 0) is 160 Å². The molecule has 0 aliphatic carbocycles. The second-order valence-corrected chi connectivity index (χ2v) is 30.6. The average Bonchev–Trinajstić information content (AvgIpc) is 0.762. The molecule has 58 heteroatoms. The van der Waals surface area contributed by atoms with Crippen molar-refractivity contribution in [2.24, 2.45) is 27.2 Å². The van der Waals surface area contributed by atoms with Gasteiger partial charge >= 0.3 is 461 Å². The molecule has 5 aliphatic rings. The Bertz CT molecular complexity index is 4100. The zero-order valence-electron chi connectivity index (χ0n) is 55.4. The Labute approximate surface area is 614 Å². The van der Waals surface area contributed by atoms with Gasteiger partial charge in [-0.05, 0) is 17.7 Å². The van der Waals surface area contributed by atoms with Crippen LogP contribution in [0.25, 0.3) is 31.3 Å². The van der Waals surface area contributed by atoms with E-state index in [1.54, 1.807) is 6.07 Å². The first-order valence-electron chi connectivity index (χ1n) is 30.4. The van der Waals surface area contributed by atoms with Gasteiger partial charge in [-0.2, -0.15) is 19.2 Å². The third-order valence-electron chi connectivity index (χ3n) is 16.1. The average molecular weight is 1650 g/mol. The molecule has 2 radical (unpaired) electrons. The predicted octanol–water partition coefficient (Wildman–Crippen LogP) is -1.41. The van der Waals surface area contributed by atoms with Gasteiger partial charge in [0.1, 0.15) is 12.2 Å². The van der Waals surface area contributed by atoms with Crippen molar-refractivity contribution in [1.29, 1.82) is 0 Å². The first kappa shape index (κ1) is 91.9. The third-order valence-corrected chi connectivity index (χ3v) is 21.2. The maximum absolute atomic E-state index is 14.2. The summed E-state index contributed by atoms with van der Waals surface area (Å²) in [7, 11) is -29.5. The fourth-order valence-corrected chi connectivity index (χ4v) is 16.2. The first-order chi connectivity index (χ1) is 50.3. The van der Waals surface area contributed by atoms with E-state index in [0.717, 1.165) is 13.8 Å². The minimum atomic E-state index is -6.20. The number of hydrogen-bond donors (Lipinski definition) is 0. The molecule has 0 spiro atoms. The summed E-state index contributed by atoms with van der Waals surface area (Å²) < 4.78 is 301. The van der Waals surface area contributed by atoms with Gasteiger partial charge < -0.3 is 9.11 Å². The van der Waals surface area contributed by atoms with Crippen LogP contribution in [0.2, 0.25) is 0 Å². The predicted molar refractivity (Wildman–Crippen MR) is 342 cm³/mol. The van der Waals surface area contributed by atoms with Gasteiger partial charge in [0.2, 0.25) is 20.8 Å². The molecular weight excluding hydrogens is 1590 g/mol. The smallest absolute Gasteiger partial charge is 0.186 e. The Balaban J connectivity index is 0.00000331. The van der Waals surface area contributed by atoms with Gasteiger partial charge in [0, 0.05) is 4.91 Å². The number of azide groups is 3. The monoisotopic (exact) mass is 1650 g/mol. The third kappa shape index (κ3) is 28.5. The summed E-state index contributed by atoms with van der Waals surface area (Å²) in [6, 6.07) is 9.36. The molecule has 586 valence electrons. The van der Waals surface area contributed by atoms with E-state index in [9.17, 15) is 95.7 Å². The molecule has 5 heterocycles. The summed E-state index contributed by atoms with van der Waals surface area (Å²) in [5, 5.41) is 11.2. The zero-order chi connectivity index (χ0) is 79.8. The number of rotatable bonds is 35. The number of hydrogen-bond acceptors (Lipinski definition) is 41. The van der Waals surface area contributed by atoms with Crippen molar-refractivity contribution in [1.82, 2.24) is 0 Å². The van der Waals surface area contributed by atoms with Crippen LogP contribution in [0.15, 0.2) is 76.0 Å². The summed E-state index contributed by atoms with van der Waals surface area (Å²) in [6.07, 6.45) is -35.3. The Morgan fingerprint density at radius 2 is 0.897 bits per heavy atom. The Kier molecular flexibility index (Phi) is 36.6. The van der Waals surface area contributed by atoms with Crippen LogP contribution in [0.3, 0.4) is 0 Å². The maximum atomic E-state index is 14.2. The van der Waals surface area contributed by atoms with E-state index >= 15 is 0 Å². The molecule has 107 heavy (non-hydrogen) atoms. The van der Waals surface area contributed by atoms with Crippen molar-refractivity contribution in [2.45, 2.75) is 181 Å². The molecule has 5 aliphatic heterocycles. The Morgan fingerprint density at radius 1 is 0.477 bits per heavy atom. The summed E-state index contributed by atoms with van der Waals surface area (Å²) in [6.45, 7) is 4.57. The number of carbonyl (C=O) groups is 1. The molecule has 2 aromatic rings. The van der Waals surface area contributed by atoms with Crippen molar-refractivity contribution in [2.75, 3.05) is 19.8 Å². The fourth-order valence-electron chi connectivity index (χ4n) is 11.8. The topological polar surface area (TPSA) is 699 Å². The van der Waals surface area contributed by atoms with Gasteiger partial charge in [-0.3, -0.25) is 8.37 Å². The van der Waals surface area contributed by atoms with E-state index in [0.29, 0.717) is 14.1 Å². The van der Waals surface area contributed by atoms with Crippen LogP contribution in [0.1, 0.15) is 50.5 Å². The van der Waals surface area contributed by atoms with E-state index in [2.05, 4.69) is 42.6 Å². The number of ether oxygens (including phenoxy) is 11. The molecule has 5 fully saturated rings. The van der Waals surface area contributed by atoms with Gasteiger partial charge in [-0.25, -0.2) is 16.8 Å². The summed E-state index contributed by atoms with van der Waals surface area (Å²) >= 11 is 0. The van der Waals surface area contributed by atoms with Gasteiger partial charge in [0.15, 0.2) is 0 Å². The number of esters is 1. The van der Waals surface area contributed by atoms with Gasteiger partial charge in [-0.15, -0.1) is 0 Å². The molecule has 7 rings (SSSR count). The minimum Gasteiger partial charge on any atom is -0.186 e. The number of carbonyl (C=O) groups excluding carboxylic acids is 5. The van der Waals surface area contributed by atoms with Gasteiger partial charge in [0.05, 0.1) is 6.61 Å². The normalized spacial score (nSPS) is 33.2. The molecule has 0 N–H and O–H groups in total. The molecule has 0 aromatic heterocycles. The van der Waals surface area contributed by atoms with Crippen molar-refractivity contribution >= 4 is 115 Å². The fraction of sp³-hybridized carbons (Fsp3) is 0.694. The molecule has 0 saturated carbocycles. The molecule has 27 atom stereocenters. The van der Waals surface area contributed by atoms with E-state index < -0.39 is 253 Å². The maximum Gasteiger partial charge on any atom is 0.373 e. The SMILES string of the molecule is CC1O[C@@H](O[C@@H]2C(COS(=O)(=O)[O-])O[C@@H](O[C@@H]3C(C)O[C@@H](O[C@@H]4C(COS(=O)(=O)[O-])O[C@@H](C)C(N=[N+]=[N-])[C@H]4P[B]B=O)C(OS(=O)(=O)[O-])[C@@H]3OCc3ccccc3)C(N=[N+]=[N-])[C@H]2OS(=O)(=O)[O-])C(OC(=O)c2ccccc2)[C@@H](C)[C@@H]1O[C@@H]1OC(COS(=O)(=O)[O-])[C@@H](C)[C@H](P[B]B=O)C1N=[N+]=[N-].O=C=O.O=C=O. The van der Waals surface area contributed by atoms with Crippen LogP contribution in [0, 0.1) is 11.8 Å². The van der Waals surface area contributed by atoms with Crippen molar-refractivity contribution < 1.29 is 171 Å². The standard InChI is InChI=1S/C47H65B4N9O34P2S5.2CO2/c1-20-27(17-80-97(64,65)66)86-45(32(57-60-54)41(20)95-50-48-62)89-33-21(2)34(88-43(61)26-14-10-7-11-15-26)46(84-23(33)4)91-36-28(18-81-98(67,68)69)87-44(31(56-59-53)38(36)93-100(73,74)75)90-35-24(5)85-47(40(94-101(76,77)78)39(35)79-16-25-12-8-6-9-13-25)92-37-29(19-82-99(70,71)72)83-22(3)30(55-58-52)42(37)96-51-49-63;2*2-1-3/h6-15,20-24,27-42,44-47,95-96H,16-19H2,1-5H3,(H,64,65,66)(H,67,68,69)(H,70,71,72)(H,73,74,75)(H,76,77,78);;/p-5/t20-,21+,22+,23?,24?,27?,28?,29?,30?,31?,32?,33+,34?,35-,36-,37-,38-,39-,40?,41+,42-,44+,45+,46+,47+;;/m1../s1. The van der Waals surface area contributed by atoms with Gasteiger partial charge in [-0.1, -0.05) is 41.5 Å². The molecule has 2 aromatic carbocycles. The van der Waals surface area contributed by atoms with Crippen LogP contribution >= 0.6 is 16.9 Å². The quantitative estimate of drug-likeness (QED) is 0.0112. The van der Waals surface area contributed by atoms with E-state index in [-0.39, 0.29) is 23.4 Å². The van der Waals surface area contributed by atoms with E-state index in [1.165, 1.54) is 89.2 Å². The van der Waals surface area contributed by atoms with Crippen LogP contribution < -0.4 is 0 Å². The number of benzene rings is 2. The largest absolute Gasteiger partial charge is 0.373 e. The summed E-state index contributed by atoms with van der Waals surface area (Å²) in [5.74, 6) is -3.33. The van der Waals surface area contributed by atoms with Crippen LogP contribution in [-0.4, -0.2) is 271 Å². The van der Waals surface area contributed by atoms with E-state index in [1.807, 2.05) is 0 Å². The van der Waals surface area contributed by atoms with Crippen molar-refractivity contribution in [3.05, 3.63) is 103 Å². The first-order valence-corrected chi connectivity index (χ1v) is 39.3.